The number of urea groups is 1. The number of hydrogen-bond acceptors (Lipinski definition) is 4. The van der Waals surface area contributed by atoms with E-state index in [1.165, 1.54) is 24.9 Å². The van der Waals surface area contributed by atoms with Crippen LogP contribution in [0.25, 0.3) is 0 Å². The average molecular weight is 342 g/mol. The summed E-state index contributed by atoms with van der Waals surface area (Å²) in [5, 5.41) is 10.00. The summed E-state index contributed by atoms with van der Waals surface area (Å²) in [6.45, 7) is 6.77. The van der Waals surface area contributed by atoms with Crippen LogP contribution >= 0.6 is 0 Å². The van der Waals surface area contributed by atoms with E-state index in [0.29, 0.717) is 6.54 Å². The van der Waals surface area contributed by atoms with Crippen LogP contribution in [-0.2, 0) is 6.54 Å². The first kappa shape index (κ1) is 17.3. The van der Waals surface area contributed by atoms with Crippen molar-refractivity contribution >= 4 is 11.7 Å². The zero-order valence-corrected chi connectivity index (χ0v) is 14.9. The zero-order valence-electron chi connectivity index (χ0n) is 14.9. The molecule has 134 valence electrons. The van der Waals surface area contributed by atoms with Gasteiger partial charge < -0.3 is 15.5 Å². The summed E-state index contributed by atoms with van der Waals surface area (Å²) in [6.07, 6.45) is 5.64. The lowest BCUT2D eigenvalue weighted by Gasteiger charge is -2.21. The lowest BCUT2D eigenvalue weighted by Crippen LogP contribution is -2.43. The third kappa shape index (κ3) is 4.71. The first-order valence-corrected chi connectivity index (χ1v) is 8.86. The SMILES string of the molecule is C[C@H](Cn1cncn1)NC(=O)N[C@H](C)c1cccc(N2CCCC2)c1. The van der Waals surface area contributed by atoms with Crippen LogP contribution in [-0.4, -0.2) is 39.9 Å². The van der Waals surface area contributed by atoms with Gasteiger partial charge in [0.15, 0.2) is 0 Å². The molecule has 0 saturated carbocycles. The molecule has 0 radical (unpaired) electrons. The molecule has 2 N–H and O–H groups in total. The van der Waals surface area contributed by atoms with Crippen molar-refractivity contribution in [3.8, 4) is 0 Å². The van der Waals surface area contributed by atoms with Crippen molar-refractivity contribution in [2.45, 2.75) is 45.3 Å². The number of rotatable bonds is 6. The summed E-state index contributed by atoms with van der Waals surface area (Å²) >= 11 is 0. The maximum absolute atomic E-state index is 12.2. The van der Waals surface area contributed by atoms with Crippen LogP contribution in [0.3, 0.4) is 0 Å². The van der Waals surface area contributed by atoms with Gasteiger partial charge in [-0.1, -0.05) is 12.1 Å². The van der Waals surface area contributed by atoms with Crippen molar-refractivity contribution in [1.82, 2.24) is 25.4 Å². The maximum Gasteiger partial charge on any atom is 0.315 e. The lowest BCUT2D eigenvalue weighted by atomic mass is 10.1. The Morgan fingerprint density at radius 3 is 2.76 bits per heavy atom. The zero-order chi connectivity index (χ0) is 17.6. The Balaban J connectivity index is 1.53. The number of nitrogens with one attached hydrogen (secondary N) is 2. The Morgan fingerprint density at radius 2 is 2.04 bits per heavy atom. The van der Waals surface area contributed by atoms with Gasteiger partial charge in [0.1, 0.15) is 12.7 Å². The topological polar surface area (TPSA) is 75.1 Å². The molecular weight excluding hydrogens is 316 g/mol. The molecule has 2 atom stereocenters. The summed E-state index contributed by atoms with van der Waals surface area (Å²) < 4.78 is 1.70. The second kappa shape index (κ2) is 8.00. The molecule has 2 amide bonds. The molecule has 0 aliphatic carbocycles. The lowest BCUT2D eigenvalue weighted by molar-refractivity contribution is 0.233. The van der Waals surface area contributed by atoms with E-state index >= 15 is 0 Å². The van der Waals surface area contributed by atoms with E-state index < -0.39 is 0 Å². The highest BCUT2D eigenvalue weighted by molar-refractivity contribution is 5.74. The van der Waals surface area contributed by atoms with Crippen molar-refractivity contribution in [2.24, 2.45) is 0 Å². The highest BCUT2D eigenvalue weighted by atomic mass is 16.2. The van der Waals surface area contributed by atoms with Gasteiger partial charge in [0.25, 0.3) is 0 Å². The van der Waals surface area contributed by atoms with Gasteiger partial charge in [-0.15, -0.1) is 0 Å². The molecule has 0 unspecified atom stereocenters. The van der Waals surface area contributed by atoms with Gasteiger partial charge >= 0.3 is 6.03 Å². The summed E-state index contributed by atoms with van der Waals surface area (Å²) in [7, 11) is 0. The number of benzene rings is 1. The summed E-state index contributed by atoms with van der Waals surface area (Å²) in [4.78, 5) is 18.5. The first-order chi connectivity index (χ1) is 12.1. The predicted octanol–water partition coefficient (Wildman–Crippen LogP) is 2.33. The number of hydrogen-bond donors (Lipinski definition) is 2. The van der Waals surface area contributed by atoms with Crippen LogP contribution in [0.1, 0.15) is 38.3 Å². The Morgan fingerprint density at radius 1 is 1.24 bits per heavy atom. The molecule has 7 heteroatoms. The quantitative estimate of drug-likeness (QED) is 0.845. The van der Waals surface area contributed by atoms with E-state index in [1.54, 1.807) is 11.0 Å². The third-order valence-electron chi connectivity index (χ3n) is 4.49. The molecule has 25 heavy (non-hydrogen) atoms. The van der Waals surface area contributed by atoms with Crippen molar-refractivity contribution < 1.29 is 4.79 Å². The molecule has 0 bridgehead atoms. The van der Waals surface area contributed by atoms with Gasteiger partial charge in [-0.25, -0.2) is 9.78 Å². The van der Waals surface area contributed by atoms with Crippen LogP contribution in [0.15, 0.2) is 36.9 Å². The number of anilines is 1. The second-order valence-corrected chi connectivity index (χ2v) is 6.65. The highest BCUT2D eigenvalue weighted by Crippen LogP contribution is 2.23. The minimum atomic E-state index is -0.174. The van der Waals surface area contributed by atoms with E-state index in [9.17, 15) is 4.79 Å². The van der Waals surface area contributed by atoms with Crippen LogP contribution < -0.4 is 15.5 Å². The van der Waals surface area contributed by atoms with E-state index in [4.69, 9.17) is 0 Å². The fraction of sp³-hybridized carbons (Fsp3) is 0.500. The smallest absolute Gasteiger partial charge is 0.315 e. The van der Waals surface area contributed by atoms with E-state index in [1.807, 2.05) is 13.8 Å². The van der Waals surface area contributed by atoms with E-state index in [0.717, 1.165) is 18.7 Å². The molecule has 1 aliphatic heterocycles. The van der Waals surface area contributed by atoms with Gasteiger partial charge in [-0.3, -0.25) is 4.68 Å². The minimum absolute atomic E-state index is 0.0372. The minimum Gasteiger partial charge on any atom is -0.372 e. The first-order valence-electron chi connectivity index (χ1n) is 8.86. The predicted molar refractivity (Wildman–Crippen MR) is 97.5 cm³/mol. The van der Waals surface area contributed by atoms with Crippen LogP contribution in [0.2, 0.25) is 0 Å². The molecule has 1 fully saturated rings. The maximum atomic E-state index is 12.2. The Kier molecular flexibility index (Phi) is 5.53. The highest BCUT2D eigenvalue weighted by Gasteiger charge is 2.16. The van der Waals surface area contributed by atoms with E-state index in [2.05, 4.69) is 49.9 Å². The Hall–Kier alpha value is -2.57. The largest absolute Gasteiger partial charge is 0.372 e. The molecule has 2 aromatic rings. The Bertz CT molecular complexity index is 681. The van der Waals surface area contributed by atoms with Gasteiger partial charge in [0.05, 0.1) is 12.6 Å². The van der Waals surface area contributed by atoms with E-state index in [-0.39, 0.29) is 18.1 Å². The fourth-order valence-electron chi connectivity index (χ4n) is 3.16. The molecule has 0 spiro atoms. The molecule has 7 nitrogen and oxygen atoms in total. The summed E-state index contributed by atoms with van der Waals surface area (Å²) in [5.41, 5.74) is 2.35. The van der Waals surface area contributed by atoms with Crippen molar-refractivity contribution in [2.75, 3.05) is 18.0 Å². The molecule has 1 aromatic carbocycles. The molecule has 1 aromatic heterocycles. The average Bonchev–Trinajstić information content (AvgIpc) is 3.28. The van der Waals surface area contributed by atoms with Gasteiger partial charge in [-0.05, 0) is 44.4 Å². The fourth-order valence-corrected chi connectivity index (χ4v) is 3.16. The molecule has 1 saturated heterocycles. The van der Waals surface area contributed by atoms with Gasteiger partial charge in [0.2, 0.25) is 0 Å². The number of nitrogens with zero attached hydrogens (tertiary/aromatic N) is 4. The van der Waals surface area contributed by atoms with Crippen LogP contribution in [0.5, 0.6) is 0 Å². The van der Waals surface area contributed by atoms with Crippen molar-refractivity contribution in [3.63, 3.8) is 0 Å². The van der Waals surface area contributed by atoms with Crippen molar-refractivity contribution in [1.29, 1.82) is 0 Å². The summed E-state index contributed by atoms with van der Waals surface area (Å²) in [6, 6.07) is 8.17. The number of carbonyl (C=O) groups excluding carboxylic acids is 1. The third-order valence-corrected chi connectivity index (χ3v) is 4.49. The van der Waals surface area contributed by atoms with Crippen LogP contribution in [0, 0.1) is 0 Å². The molecule has 2 heterocycles. The van der Waals surface area contributed by atoms with Crippen LogP contribution in [0.4, 0.5) is 10.5 Å². The number of amides is 2. The standard InChI is InChI=1S/C18H26N6O/c1-14(11-24-13-19-12-20-24)21-18(25)22-15(2)16-6-5-7-17(10-16)23-8-3-4-9-23/h5-7,10,12-15H,3-4,8-9,11H2,1-2H3,(H2,21,22,25)/t14-,15-/m1/s1. The number of aromatic nitrogens is 3. The Labute approximate surface area is 148 Å². The second-order valence-electron chi connectivity index (χ2n) is 6.65. The van der Waals surface area contributed by atoms with Gasteiger partial charge in [0, 0.05) is 24.8 Å². The molecule has 3 rings (SSSR count). The monoisotopic (exact) mass is 342 g/mol. The number of carbonyl (C=O) groups is 1. The summed E-state index contributed by atoms with van der Waals surface area (Å²) in [5.74, 6) is 0. The van der Waals surface area contributed by atoms with Crippen molar-refractivity contribution in [3.05, 3.63) is 42.5 Å². The molecule has 1 aliphatic rings. The normalized spacial score (nSPS) is 16.5. The molecular formula is C18H26N6O. The van der Waals surface area contributed by atoms with Gasteiger partial charge in [-0.2, -0.15) is 5.10 Å².